The second kappa shape index (κ2) is 6.26. The van der Waals surface area contributed by atoms with E-state index in [1.54, 1.807) is 12.5 Å². The summed E-state index contributed by atoms with van der Waals surface area (Å²) in [5.74, 6) is -0.0649. The normalized spacial score (nSPS) is 11.3. The molecule has 0 aliphatic rings. The van der Waals surface area contributed by atoms with Crippen LogP contribution in [-0.4, -0.2) is 15.9 Å². The Balaban J connectivity index is 2.17. The van der Waals surface area contributed by atoms with Gasteiger partial charge in [-0.1, -0.05) is 38.5 Å². The highest BCUT2D eigenvalue weighted by atomic mass is 16.1. The van der Waals surface area contributed by atoms with E-state index in [0.29, 0.717) is 12.1 Å². The van der Waals surface area contributed by atoms with Crippen molar-refractivity contribution in [3.05, 3.63) is 58.7 Å². The van der Waals surface area contributed by atoms with E-state index in [9.17, 15) is 4.79 Å². The molecular weight excluding hydrogens is 274 g/mol. The van der Waals surface area contributed by atoms with E-state index in [-0.39, 0.29) is 11.3 Å². The monoisotopic (exact) mass is 297 g/mol. The average molecular weight is 297 g/mol. The van der Waals surface area contributed by atoms with Gasteiger partial charge in [-0.15, -0.1) is 0 Å². The average Bonchev–Trinajstić information content (AvgIpc) is 2.46. The predicted octanol–water partition coefficient (Wildman–Crippen LogP) is 3.32. The number of amides is 1. The molecule has 0 atom stereocenters. The first-order valence-corrected chi connectivity index (χ1v) is 7.44. The molecule has 0 radical (unpaired) electrons. The van der Waals surface area contributed by atoms with E-state index in [4.69, 9.17) is 0 Å². The zero-order chi connectivity index (χ0) is 16.3. The lowest BCUT2D eigenvalue weighted by molar-refractivity contribution is 0.0950. The van der Waals surface area contributed by atoms with Crippen molar-refractivity contribution in [3.8, 4) is 0 Å². The van der Waals surface area contributed by atoms with Gasteiger partial charge in [0.25, 0.3) is 5.91 Å². The summed E-state index contributed by atoms with van der Waals surface area (Å²) in [6, 6.07) is 5.89. The van der Waals surface area contributed by atoms with Crippen LogP contribution in [0, 0.1) is 13.8 Å². The fraction of sp³-hybridized carbons (Fsp3) is 0.389. The van der Waals surface area contributed by atoms with Gasteiger partial charge >= 0.3 is 0 Å². The molecular formula is C18H23N3O. The Labute approximate surface area is 132 Å². The Morgan fingerprint density at radius 2 is 1.95 bits per heavy atom. The van der Waals surface area contributed by atoms with E-state index in [0.717, 1.165) is 22.4 Å². The molecule has 4 heteroatoms. The number of aryl methyl sites for hydroxylation is 2. The number of hydrogen-bond donors (Lipinski definition) is 1. The third kappa shape index (κ3) is 3.70. The minimum Gasteiger partial charge on any atom is -0.348 e. The summed E-state index contributed by atoms with van der Waals surface area (Å²) in [4.78, 5) is 20.8. The van der Waals surface area contributed by atoms with Crippen molar-refractivity contribution >= 4 is 5.91 Å². The SMILES string of the molecule is Cc1ccc(C)c(C(=O)NCc2cncnc2C(C)(C)C)c1. The van der Waals surface area contributed by atoms with Crippen molar-refractivity contribution < 1.29 is 4.79 Å². The standard InChI is InChI=1S/C18H23N3O/c1-12-6-7-13(2)15(8-12)17(22)20-10-14-9-19-11-21-16(14)18(3,4)5/h6-9,11H,10H2,1-5H3,(H,20,22). The van der Waals surface area contributed by atoms with Gasteiger partial charge < -0.3 is 5.32 Å². The van der Waals surface area contributed by atoms with Gasteiger partial charge in [-0.3, -0.25) is 4.79 Å². The third-order valence-electron chi connectivity index (χ3n) is 3.58. The number of carbonyl (C=O) groups excluding carboxylic acids is 1. The molecule has 1 heterocycles. The van der Waals surface area contributed by atoms with Crippen molar-refractivity contribution in [2.24, 2.45) is 0 Å². The fourth-order valence-electron chi connectivity index (χ4n) is 2.41. The summed E-state index contributed by atoms with van der Waals surface area (Å²) >= 11 is 0. The second-order valence-electron chi connectivity index (χ2n) is 6.65. The molecule has 4 nitrogen and oxygen atoms in total. The van der Waals surface area contributed by atoms with Gasteiger partial charge in [0.2, 0.25) is 0 Å². The van der Waals surface area contributed by atoms with Crippen LogP contribution in [0.1, 0.15) is 53.5 Å². The maximum atomic E-state index is 12.4. The van der Waals surface area contributed by atoms with Crippen LogP contribution in [0.25, 0.3) is 0 Å². The Bertz CT molecular complexity index is 687. The molecule has 1 amide bonds. The number of benzene rings is 1. The molecule has 0 aliphatic carbocycles. The van der Waals surface area contributed by atoms with E-state index in [2.05, 4.69) is 36.1 Å². The summed E-state index contributed by atoms with van der Waals surface area (Å²) in [5, 5.41) is 2.98. The largest absolute Gasteiger partial charge is 0.348 e. The van der Waals surface area contributed by atoms with Crippen molar-refractivity contribution in [1.82, 2.24) is 15.3 Å². The molecule has 1 aromatic heterocycles. The topological polar surface area (TPSA) is 54.9 Å². The molecule has 0 aliphatic heterocycles. The Morgan fingerprint density at radius 3 is 2.64 bits per heavy atom. The molecule has 116 valence electrons. The molecule has 0 spiro atoms. The van der Waals surface area contributed by atoms with Crippen LogP contribution in [0.5, 0.6) is 0 Å². The van der Waals surface area contributed by atoms with E-state index in [1.807, 2.05) is 32.0 Å². The third-order valence-corrected chi connectivity index (χ3v) is 3.58. The highest BCUT2D eigenvalue weighted by Gasteiger charge is 2.20. The van der Waals surface area contributed by atoms with Crippen LogP contribution in [-0.2, 0) is 12.0 Å². The molecule has 2 aromatic rings. The van der Waals surface area contributed by atoms with E-state index < -0.39 is 0 Å². The molecule has 0 bridgehead atoms. The van der Waals surface area contributed by atoms with Gasteiger partial charge in [-0.25, -0.2) is 9.97 Å². The Hall–Kier alpha value is -2.23. The van der Waals surface area contributed by atoms with Crippen molar-refractivity contribution in [2.45, 2.75) is 46.6 Å². The smallest absolute Gasteiger partial charge is 0.251 e. The summed E-state index contributed by atoms with van der Waals surface area (Å²) in [6.45, 7) is 10.7. The molecule has 0 saturated carbocycles. The predicted molar refractivity (Wildman–Crippen MR) is 87.8 cm³/mol. The summed E-state index contributed by atoms with van der Waals surface area (Å²) in [6.07, 6.45) is 3.33. The minimum absolute atomic E-state index is 0.0649. The number of nitrogens with zero attached hydrogens (tertiary/aromatic N) is 2. The highest BCUT2D eigenvalue weighted by molar-refractivity contribution is 5.95. The van der Waals surface area contributed by atoms with E-state index in [1.165, 1.54) is 0 Å². The number of hydrogen-bond acceptors (Lipinski definition) is 3. The second-order valence-corrected chi connectivity index (χ2v) is 6.65. The lowest BCUT2D eigenvalue weighted by Crippen LogP contribution is -2.26. The molecule has 0 fully saturated rings. The van der Waals surface area contributed by atoms with Crippen molar-refractivity contribution in [3.63, 3.8) is 0 Å². The number of nitrogens with one attached hydrogen (secondary N) is 1. The molecule has 1 N–H and O–H groups in total. The van der Waals surface area contributed by atoms with Gasteiger partial charge in [-0.05, 0) is 25.5 Å². The van der Waals surface area contributed by atoms with Crippen molar-refractivity contribution in [2.75, 3.05) is 0 Å². The zero-order valence-electron chi connectivity index (χ0n) is 13.9. The molecule has 0 saturated heterocycles. The molecule has 22 heavy (non-hydrogen) atoms. The molecule has 1 aromatic carbocycles. The first-order valence-electron chi connectivity index (χ1n) is 7.44. The minimum atomic E-state index is -0.0811. The summed E-state index contributed by atoms with van der Waals surface area (Å²) < 4.78 is 0. The highest BCUT2D eigenvalue weighted by Crippen LogP contribution is 2.22. The molecule has 2 rings (SSSR count). The quantitative estimate of drug-likeness (QED) is 0.945. The lowest BCUT2D eigenvalue weighted by atomic mass is 9.89. The van der Waals surface area contributed by atoms with Gasteiger partial charge in [0.15, 0.2) is 0 Å². The summed E-state index contributed by atoms with van der Waals surface area (Å²) in [7, 11) is 0. The molecule has 0 unspecified atom stereocenters. The zero-order valence-corrected chi connectivity index (χ0v) is 13.9. The maximum absolute atomic E-state index is 12.4. The van der Waals surface area contributed by atoms with Crippen LogP contribution in [0.3, 0.4) is 0 Å². The van der Waals surface area contributed by atoms with E-state index >= 15 is 0 Å². The number of rotatable bonds is 3. The van der Waals surface area contributed by atoms with Gasteiger partial charge in [0, 0.05) is 29.3 Å². The summed E-state index contributed by atoms with van der Waals surface area (Å²) in [5.41, 5.74) is 4.60. The number of carbonyl (C=O) groups is 1. The van der Waals surface area contributed by atoms with Crippen LogP contribution < -0.4 is 5.32 Å². The van der Waals surface area contributed by atoms with Crippen LogP contribution in [0.4, 0.5) is 0 Å². The Kier molecular flexibility index (Phi) is 4.59. The first-order chi connectivity index (χ1) is 10.3. The van der Waals surface area contributed by atoms with Crippen molar-refractivity contribution in [1.29, 1.82) is 0 Å². The number of aromatic nitrogens is 2. The Morgan fingerprint density at radius 1 is 1.23 bits per heavy atom. The van der Waals surface area contributed by atoms with Crippen LogP contribution in [0.15, 0.2) is 30.7 Å². The van der Waals surface area contributed by atoms with Crippen LogP contribution in [0.2, 0.25) is 0 Å². The fourth-order valence-corrected chi connectivity index (χ4v) is 2.41. The van der Waals surface area contributed by atoms with Gasteiger partial charge in [0.1, 0.15) is 6.33 Å². The van der Waals surface area contributed by atoms with Gasteiger partial charge in [-0.2, -0.15) is 0 Å². The van der Waals surface area contributed by atoms with Gasteiger partial charge in [0.05, 0.1) is 5.69 Å². The van der Waals surface area contributed by atoms with Crippen LogP contribution >= 0.6 is 0 Å². The lowest BCUT2D eigenvalue weighted by Gasteiger charge is -2.21. The first kappa shape index (κ1) is 16.1. The maximum Gasteiger partial charge on any atom is 0.251 e.